The number of nitrogens with zero attached hydrogens (tertiary/aromatic N) is 2. The summed E-state index contributed by atoms with van der Waals surface area (Å²) in [6, 6.07) is 12.4. The third kappa shape index (κ3) is 7.35. The normalized spacial score (nSPS) is 14.6. The van der Waals surface area contributed by atoms with Gasteiger partial charge in [0.15, 0.2) is 16.9 Å². The van der Waals surface area contributed by atoms with Crippen molar-refractivity contribution in [2.75, 3.05) is 39.4 Å². The first-order valence-corrected chi connectivity index (χ1v) is 16.0. The second-order valence-corrected chi connectivity index (χ2v) is 11.2. The molecule has 0 aliphatic carbocycles. The van der Waals surface area contributed by atoms with Gasteiger partial charge in [0.2, 0.25) is 5.76 Å². The van der Waals surface area contributed by atoms with Gasteiger partial charge in [-0.15, -0.1) is 0 Å². The molecule has 0 bridgehead atoms. The van der Waals surface area contributed by atoms with E-state index in [-0.39, 0.29) is 17.1 Å². The summed E-state index contributed by atoms with van der Waals surface area (Å²) in [6.07, 6.45) is 8.67. The Morgan fingerprint density at radius 1 is 0.810 bits per heavy atom. The average Bonchev–Trinajstić information content (AvgIpc) is 3.28. The van der Waals surface area contributed by atoms with Crippen LogP contribution < -0.4 is 14.9 Å². The first-order chi connectivity index (χ1) is 20.5. The summed E-state index contributed by atoms with van der Waals surface area (Å²) in [4.78, 5) is 32.1. The number of hydrogen-bond donors (Lipinski definition) is 0. The van der Waals surface area contributed by atoms with Crippen molar-refractivity contribution in [3.05, 3.63) is 69.6 Å². The van der Waals surface area contributed by atoms with Gasteiger partial charge >= 0.3 is 0 Å². The molecule has 1 amide bonds. The lowest BCUT2D eigenvalue weighted by atomic mass is 9.98. The molecule has 1 aliphatic heterocycles. The smallest absolute Gasteiger partial charge is 0.290 e. The summed E-state index contributed by atoms with van der Waals surface area (Å²) in [7, 11) is 0. The fourth-order valence-corrected chi connectivity index (χ4v) is 5.72. The maximum absolute atomic E-state index is 13.9. The van der Waals surface area contributed by atoms with Crippen LogP contribution in [0.5, 0.6) is 11.5 Å². The second-order valence-electron chi connectivity index (χ2n) is 11.2. The highest BCUT2D eigenvalue weighted by atomic mass is 16.5. The first kappa shape index (κ1) is 31.6. The Balaban J connectivity index is 1.68. The van der Waals surface area contributed by atoms with Gasteiger partial charge in [0.25, 0.3) is 5.91 Å². The number of unbranched alkanes of at least 4 members (excludes halogenated alkanes) is 4. The lowest BCUT2D eigenvalue weighted by Crippen LogP contribution is -2.34. The number of fused-ring (bicyclic) bond motifs is 2. The van der Waals surface area contributed by atoms with Crippen LogP contribution in [0.4, 0.5) is 0 Å². The fourth-order valence-electron chi connectivity index (χ4n) is 5.72. The minimum absolute atomic E-state index is 0.148. The number of carbonyl (C=O) groups is 1. The van der Waals surface area contributed by atoms with Gasteiger partial charge in [-0.05, 0) is 82.1 Å². The van der Waals surface area contributed by atoms with Crippen molar-refractivity contribution in [2.45, 2.75) is 85.1 Å². The Kier molecular flexibility index (Phi) is 11.9. The highest BCUT2D eigenvalue weighted by molar-refractivity contribution is 5.99. The third-order valence-electron chi connectivity index (χ3n) is 7.99. The quantitative estimate of drug-likeness (QED) is 0.145. The molecule has 0 saturated carbocycles. The summed E-state index contributed by atoms with van der Waals surface area (Å²) in [5.41, 5.74) is 1.51. The van der Waals surface area contributed by atoms with Gasteiger partial charge in [-0.3, -0.25) is 9.59 Å². The number of ether oxygens (including phenoxy) is 2. The Hall–Kier alpha value is -3.32. The Morgan fingerprint density at radius 3 is 2.24 bits per heavy atom. The SMILES string of the molecule is CCCCCOc1ccc(C2c3c(oc4ccccc4c3=O)C(=O)N2CCCN(CCCC)CCCC)cc1OCC. The van der Waals surface area contributed by atoms with Crippen LogP contribution in [0.1, 0.15) is 107 Å². The van der Waals surface area contributed by atoms with Crippen molar-refractivity contribution in [2.24, 2.45) is 0 Å². The van der Waals surface area contributed by atoms with Crippen molar-refractivity contribution < 1.29 is 18.7 Å². The standard InChI is InChI=1S/C35H48N2O5/c1-5-9-14-24-41-29-19-18-26(25-30(29)40-8-4)32-31-33(38)27-16-12-13-17-28(27)42-34(31)35(39)37(32)23-15-22-36(20-10-6-2)21-11-7-3/h12-13,16-19,25,32H,5-11,14-15,20-24H2,1-4H3. The van der Waals surface area contributed by atoms with E-state index in [1.807, 2.05) is 42.2 Å². The molecule has 1 unspecified atom stereocenters. The zero-order valence-corrected chi connectivity index (χ0v) is 26.0. The highest BCUT2D eigenvalue weighted by Gasteiger charge is 2.42. The molecule has 1 aromatic heterocycles. The molecule has 0 N–H and O–H groups in total. The summed E-state index contributed by atoms with van der Waals surface area (Å²) in [5, 5.41) is 0.488. The van der Waals surface area contributed by atoms with E-state index in [1.165, 1.54) is 12.8 Å². The van der Waals surface area contributed by atoms with E-state index in [9.17, 15) is 9.59 Å². The van der Waals surface area contributed by atoms with Gasteiger partial charge in [-0.2, -0.15) is 0 Å². The van der Waals surface area contributed by atoms with Crippen LogP contribution in [0.3, 0.4) is 0 Å². The summed E-state index contributed by atoms with van der Waals surface area (Å²) in [5.74, 6) is 1.23. The molecule has 0 saturated heterocycles. The Labute approximate surface area is 250 Å². The van der Waals surface area contributed by atoms with Gasteiger partial charge in [-0.1, -0.05) is 64.7 Å². The summed E-state index contributed by atoms with van der Waals surface area (Å²) >= 11 is 0. The number of benzene rings is 2. The first-order valence-electron chi connectivity index (χ1n) is 16.0. The second kappa shape index (κ2) is 15.8. The number of carbonyl (C=O) groups excluding carboxylic acids is 1. The van der Waals surface area contributed by atoms with Crippen LogP contribution in [0, 0.1) is 0 Å². The van der Waals surface area contributed by atoms with Crippen LogP contribution in [0.15, 0.2) is 51.7 Å². The van der Waals surface area contributed by atoms with E-state index in [2.05, 4.69) is 25.7 Å². The number of rotatable bonds is 18. The fraction of sp³-hybridized carbons (Fsp3) is 0.543. The molecule has 42 heavy (non-hydrogen) atoms. The van der Waals surface area contributed by atoms with Crippen LogP contribution >= 0.6 is 0 Å². The predicted octanol–water partition coefficient (Wildman–Crippen LogP) is 7.60. The van der Waals surface area contributed by atoms with Crippen LogP contribution in [-0.2, 0) is 0 Å². The molecule has 2 aromatic carbocycles. The van der Waals surface area contributed by atoms with Crippen LogP contribution in [0.25, 0.3) is 11.0 Å². The minimum atomic E-state index is -0.554. The van der Waals surface area contributed by atoms with Crippen LogP contribution in [-0.4, -0.2) is 55.1 Å². The molecule has 3 aromatic rings. The molecule has 7 nitrogen and oxygen atoms in total. The van der Waals surface area contributed by atoms with E-state index in [4.69, 9.17) is 13.9 Å². The number of amides is 1. The molecule has 1 atom stereocenters. The zero-order valence-electron chi connectivity index (χ0n) is 26.0. The van der Waals surface area contributed by atoms with E-state index < -0.39 is 6.04 Å². The molecule has 0 radical (unpaired) electrons. The van der Waals surface area contributed by atoms with E-state index in [0.717, 1.165) is 63.7 Å². The molecule has 0 spiro atoms. The summed E-state index contributed by atoms with van der Waals surface area (Å²) in [6.45, 7) is 13.2. The van der Waals surface area contributed by atoms with Gasteiger partial charge in [0.1, 0.15) is 5.58 Å². The number of para-hydroxylation sites is 1. The maximum Gasteiger partial charge on any atom is 0.290 e. The molecule has 228 valence electrons. The maximum atomic E-state index is 13.9. The molecule has 1 aliphatic rings. The summed E-state index contributed by atoms with van der Waals surface area (Å²) < 4.78 is 18.2. The van der Waals surface area contributed by atoms with Crippen molar-refractivity contribution >= 4 is 16.9 Å². The van der Waals surface area contributed by atoms with Gasteiger partial charge in [0, 0.05) is 6.54 Å². The predicted molar refractivity (Wildman–Crippen MR) is 169 cm³/mol. The average molecular weight is 577 g/mol. The van der Waals surface area contributed by atoms with E-state index in [0.29, 0.717) is 47.8 Å². The highest BCUT2D eigenvalue weighted by Crippen LogP contribution is 2.41. The molecule has 0 fully saturated rings. The minimum Gasteiger partial charge on any atom is -0.490 e. The lowest BCUT2D eigenvalue weighted by Gasteiger charge is -2.28. The lowest BCUT2D eigenvalue weighted by molar-refractivity contribution is 0.0718. The van der Waals surface area contributed by atoms with Gasteiger partial charge in [0.05, 0.1) is 30.2 Å². The molecular formula is C35H48N2O5. The molecule has 4 rings (SSSR count). The monoisotopic (exact) mass is 576 g/mol. The largest absolute Gasteiger partial charge is 0.490 e. The van der Waals surface area contributed by atoms with E-state index in [1.54, 1.807) is 12.1 Å². The van der Waals surface area contributed by atoms with Gasteiger partial charge < -0.3 is 23.7 Å². The van der Waals surface area contributed by atoms with Crippen LogP contribution in [0.2, 0.25) is 0 Å². The Bertz CT molecular complexity index is 1360. The van der Waals surface area contributed by atoms with Crippen molar-refractivity contribution in [3.63, 3.8) is 0 Å². The third-order valence-corrected chi connectivity index (χ3v) is 7.99. The molecule has 7 heteroatoms. The Morgan fingerprint density at radius 2 is 1.52 bits per heavy atom. The number of hydrogen-bond acceptors (Lipinski definition) is 6. The van der Waals surface area contributed by atoms with Crippen molar-refractivity contribution in [1.82, 2.24) is 9.80 Å². The van der Waals surface area contributed by atoms with Crippen molar-refractivity contribution in [1.29, 1.82) is 0 Å². The van der Waals surface area contributed by atoms with Gasteiger partial charge in [-0.25, -0.2) is 0 Å². The molecule has 2 heterocycles. The molecular weight excluding hydrogens is 528 g/mol. The van der Waals surface area contributed by atoms with E-state index >= 15 is 0 Å². The van der Waals surface area contributed by atoms with Crippen molar-refractivity contribution in [3.8, 4) is 11.5 Å². The zero-order chi connectivity index (χ0) is 29.9. The topological polar surface area (TPSA) is 72.2 Å².